The second-order valence-electron chi connectivity index (χ2n) is 9.23. The molecule has 40 heavy (non-hydrogen) atoms. The Labute approximate surface area is 235 Å². The first-order valence-electron chi connectivity index (χ1n) is 12.9. The van der Waals surface area contributed by atoms with E-state index in [4.69, 9.17) is 9.47 Å². The zero-order valence-electron chi connectivity index (χ0n) is 22.1. The molecule has 1 fully saturated rings. The van der Waals surface area contributed by atoms with Crippen molar-refractivity contribution in [1.29, 1.82) is 0 Å². The quantitative estimate of drug-likeness (QED) is 0.312. The Bertz CT molecular complexity index is 1420. The third-order valence-electron chi connectivity index (χ3n) is 6.59. The Kier molecular flexibility index (Phi) is 8.84. The number of nitrogens with one attached hydrogen (secondary N) is 1. The molecular formula is C29H30FN5O4S. The molecule has 208 valence electrons. The van der Waals surface area contributed by atoms with Crippen LogP contribution in [0.2, 0.25) is 0 Å². The van der Waals surface area contributed by atoms with E-state index < -0.39 is 0 Å². The largest absolute Gasteiger partial charge is 0.497 e. The molecule has 1 aliphatic heterocycles. The van der Waals surface area contributed by atoms with Crippen molar-refractivity contribution in [2.75, 3.05) is 58.4 Å². The van der Waals surface area contributed by atoms with Crippen LogP contribution in [0.3, 0.4) is 0 Å². The van der Waals surface area contributed by atoms with Gasteiger partial charge in [0, 0.05) is 43.6 Å². The smallest absolute Gasteiger partial charge is 0.264 e. The summed E-state index contributed by atoms with van der Waals surface area (Å²) in [6, 6.07) is 16.9. The van der Waals surface area contributed by atoms with E-state index in [1.807, 2.05) is 35.7 Å². The molecule has 9 nitrogen and oxygen atoms in total. The molecular weight excluding hydrogens is 533 g/mol. The van der Waals surface area contributed by atoms with Crippen molar-refractivity contribution in [3.05, 3.63) is 82.9 Å². The summed E-state index contributed by atoms with van der Waals surface area (Å²) in [7, 11) is 1.60. The predicted octanol–water partition coefficient (Wildman–Crippen LogP) is 4.16. The molecule has 0 unspecified atom stereocenters. The topological polar surface area (TPSA) is 88.9 Å². The van der Waals surface area contributed by atoms with Crippen LogP contribution >= 0.6 is 11.3 Å². The van der Waals surface area contributed by atoms with Gasteiger partial charge in [-0.2, -0.15) is 0 Å². The van der Waals surface area contributed by atoms with Gasteiger partial charge in [-0.3, -0.25) is 24.4 Å². The molecule has 0 aliphatic carbocycles. The highest BCUT2D eigenvalue weighted by molar-refractivity contribution is 7.12. The van der Waals surface area contributed by atoms with Gasteiger partial charge < -0.3 is 14.4 Å². The van der Waals surface area contributed by atoms with Gasteiger partial charge in [-0.1, -0.05) is 6.07 Å². The van der Waals surface area contributed by atoms with Gasteiger partial charge in [0.25, 0.3) is 5.91 Å². The highest BCUT2D eigenvalue weighted by Crippen LogP contribution is 2.26. The maximum atomic E-state index is 13.6. The van der Waals surface area contributed by atoms with E-state index >= 15 is 0 Å². The molecule has 0 radical (unpaired) electrons. The van der Waals surface area contributed by atoms with Gasteiger partial charge >= 0.3 is 0 Å². The van der Waals surface area contributed by atoms with E-state index in [0.29, 0.717) is 48.3 Å². The molecule has 0 atom stereocenters. The lowest BCUT2D eigenvalue weighted by Gasteiger charge is -2.29. The minimum atomic E-state index is -0.387. The number of methoxy groups -OCH3 is 1. The van der Waals surface area contributed by atoms with Gasteiger partial charge in [-0.25, -0.2) is 9.37 Å². The molecule has 1 saturated heterocycles. The zero-order valence-corrected chi connectivity index (χ0v) is 22.9. The monoisotopic (exact) mass is 563 g/mol. The first-order valence-corrected chi connectivity index (χ1v) is 13.8. The predicted molar refractivity (Wildman–Crippen MR) is 152 cm³/mol. The van der Waals surface area contributed by atoms with Crippen LogP contribution in [0.25, 0.3) is 16.9 Å². The van der Waals surface area contributed by atoms with Gasteiger partial charge in [0.15, 0.2) is 0 Å². The maximum absolute atomic E-state index is 13.6. The second-order valence-corrected chi connectivity index (χ2v) is 10.2. The number of carbonyl (C=O) groups excluding carboxylic acids is 2. The number of anilines is 1. The molecule has 0 spiro atoms. The van der Waals surface area contributed by atoms with Crippen LogP contribution in [0, 0.1) is 5.82 Å². The van der Waals surface area contributed by atoms with E-state index in [1.165, 1.54) is 23.5 Å². The molecule has 5 rings (SSSR count). The van der Waals surface area contributed by atoms with Crippen LogP contribution in [-0.4, -0.2) is 84.2 Å². The fourth-order valence-corrected chi connectivity index (χ4v) is 5.09. The molecule has 11 heteroatoms. The highest BCUT2D eigenvalue weighted by atomic mass is 32.1. The van der Waals surface area contributed by atoms with Crippen molar-refractivity contribution >= 4 is 29.1 Å². The molecule has 0 saturated carbocycles. The van der Waals surface area contributed by atoms with Crippen LogP contribution in [0.5, 0.6) is 5.75 Å². The lowest BCUT2D eigenvalue weighted by molar-refractivity contribution is -0.117. The van der Waals surface area contributed by atoms with E-state index in [0.717, 1.165) is 18.7 Å². The molecule has 3 heterocycles. The normalized spacial score (nSPS) is 13.7. The highest BCUT2D eigenvalue weighted by Gasteiger charge is 2.23. The summed E-state index contributed by atoms with van der Waals surface area (Å²) in [6.45, 7) is 3.78. The third-order valence-corrected chi connectivity index (χ3v) is 7.45. The summed E-state index contributed by atoms with van der Waals surface area (Å²) in [5.41, 5.74) is 2.06. The summed E-state index contributed by atoms with van der Waals surface area (Å²) < 4.78 is 26.0. The molecule has 2 aromatic carbocycles. The van der Waals surface area contributed by atoms with Crippen molar-refractivity contribution in [2.24, 2.45) is 0 Å². The number of nitrogens with zero attached hydrogens (tertiary/aromatic N) is 4. The molecule has 0 bridgehead atoms. The average Bonchev–Trinajstić information content (AvgIpc) is 3.67. The van der Waals surface area contributed by atoms with Gasteiger partial charge in [0.2, 0.25) is 11.9 Å². The number of carbonyl (C=O) groups is 2. The average molecular weight is 564 g/mol. The van der Waals surface area contributed by atoms with E-state index in [9.17, 15) is 14.0 Å². The van der Waals surface area contributed by atoms with Crippen molar-refractivity contribution in [1.82, 2.24) is 19.4 Å². The number of aromatic nitrogens is 2. The zero-order chi connectivity index (χ0) is 27.9. The van der Waals surface area contributed by atoms with Crippen molar-refractivity contribution in [3.63, 3.8) is 0 Å². The first kappa shape index (κ1) is 27.5. The number of ether oxygens (including phenoxy) is 2. The number of imidazole rings is 1. The van der Waals surface area contributed by atoms with E-state index in [2.05, 4.69) is 15.2 Å². The molecule has 4 aromatic rings. The Hall–Kier alpha value is -4.06. The fourth-order valence-electron chi connectivity index (χ4n) is 4.40. The summed E-state index contributed by atoms with van der Waals surface area (Å²) in [4.78, 5) is 35.6. The van der Waals surface area contributed by atoms with E-state index in [1.54, 1.807) is 41.0 Å². The molecule has 2 aromatic heterocycles. The number of amides is 2. The van der Waals surface area contributed by atoms with E-state index in [-0.39, 0.29) is 30.1 Å². The Morgan fingerprint density at radius 1 is 1.10 bits per heavy atom. The molecule has 1 N–H and O–H groups in total. The van der Waals surface area contributed by atoms with Crippen LogP contribution in [0.4, 0.5) is 10.3 Å². The van der Waals surface area contributed by atoms with Crippen molar-refractivity contribution < 1.29 is 23.5 Å². The Morgan fingerprint density at radius 2 is 1.85 bits per heavy atom. The molecule has 2 amide bonds. The van der Waals surface area contributed by atoms with Crippen LogP contribution in [0.1, 0.15) is 9.67 Å². The summed E-state index contributed by atoms with van der Waals surface area (Å²) in [6.07, 6.45) is 1.78. The number of hydrogen-bond donors (Lipinski definition) is 1. The Balaban J connectivity index is 1.37. The van der Waals surface area contributed by atoms with Crippen LogP contribution < -0.4 is 10.1 Å². The maximum Gasteiger partial charge on any atom is 0.264 e. The van der Waals surface area contributed by atoms with Crippen LogP contribution in [0.15, 0.2) is 72.2 Å². The SMILES string of the molecule is COc1ccc(-c2cn(-c3ccc(F)cc3)c(NC(=O)CN(CCN3CCOCC3)C(=O)c3cccs3)n2)cc1. The number of morpholine rings is 1. The minimum Gasteiger partial charge on any atom is -0.497 e. The Morgan fingerprint density at radius 3 is 2.52 bits per heavy atom. The number of benzene rings is 2. The summed E-state index contributed by atoms with van der Waals surface area (Å²) in [5.74, 6) is 0.0242. The minimum absolute atomic E-state index is 0.144. The number of halogens is 1. The number of thiophene rings is 1. The first-order chi connectivity index (χ1) is 19.5. The summed E-state index contributed by atoms with van der Waals surface area (Å²) >= 11 is 1.34. The lowest BCUT2D eigenvalue weighted by atomic mass is 10.1. The second kappa shape index (κ2) is 12.9. The fraction of sp³-hybridized carbons (Fsp3) is 0.276. The third kappa shape index (κ3) is 6.74. The van der Waals surface area contributed by atoms with Crippen molar-refractivity contribution in [3.8, 4) is 22.7 Å². The van der Waals surface area contributed by atoms with Crippen LogP contribution in [-0.2, 0) is 9.53 Å². The van der Waals surface area contributed by atoms with Gasteiger partial charge in [-0.15, -0.1) is 11.3 Å². The van der Waals surface area contributed by atoms with Gasteiger partial charge in [-0.05, 0) is 60.0 Å². The lowest BCUT2D eigenvalue weighted by Crippen LogP contribution is -2.45. The van der Waals surface area contributed by atoms with Crippen molar-refractivity contribution in [2.45, 2.75) is 0 Å². The number of hydrogen-bond acceptors (Lipinski definition) is 7. The van der Waals surface area contributed by atoms with Gasteiger partial charge in [0.1, 0.15) is 18.1 Å². The van der Waals surface area contributed by atoms with Gasteiger partial charge in [0.05, 0.1) is 30.9 Å². The number of rotatable bonds is 10. The summed E-state index contributed by atoms with van der Waals surface area (Å²) in [5, 5.41) is 4.72. The molecule has 1 aliphatic rings. The standard InChI is InChI=1S/C29H30FN5O4S/c1-38-24-10-4-21(5-11-24)25-19-35(23-8-6-22(30)7-9-23)29(31-25)32-27(36)20-34(28(37)26-3-2-18-40-26)13-12-33-14-16-39-17-15-33/h2-11,18-19H,12-17,20H2,1H3,(H,31,32,36).